The van der Waals surface area contributed by atoms with Gasteiger partial charge >= 0.3 is 0 Å². The van der Waals surface area contributed by atoms with Gasteiger partial charge in [-0.1, -0.05) is 31.2 Å². The molecule has 0 saturated carbocycles. The number of benzene rings is 1. The Labute approximate surface area is 137 Å². The Morgan fingerprint density at radius 1 is 1.09 bits per heavy atom. The fraction of sp³-hybridized carbons (Fsp3) is 0.500. The minimum atomic E-state index is -0.682. The van der Waals surface area contributed by atoms with Crippen molar-refractivity contribution >= 4 is 17.6 Å². The molecule has 0 radical (unpaired) electrons. The highest BCUT2D eigenvalue weighted by molar-refractivity contribution is 6.35. The maximum atomic E-state index is 12.7. The highest BCUT2D eigenvalue weighted by Crippen LogP contribution is 2.40. The number of rotatable bonds is 3. The third-order valence-corrected chi connectivity index (χ3v) is 4.36. The Morgan fingerprint density at radius 2 is 1.65 bits per heavy atom. The molecule has 3 atom stereocenters. The van der Waals surface area contributed by atoms with Crippen LogP contribution in [0.25, 0.3) is 0 Å². The average Bonchev–Trinajstić information content (AvgIpc) is 2.49. The van der Waals surface area contributed by atoms with E-state index in [1.54, 1.807) is 0 Å². The van der Waals surface area contributed by atoms with Gasteiger partial charge < -0.3 is 10.2 Å². The Morgan fingerprint density at radius 3 is 2.17 bits per heavy atom. The number of carbonyl (C=O) groups is 3. The Kier molecular flexibility index (Phi) is 4.88. The summed E-state index contributed by atoms with van der Waals surface area (Å²) in [5.74, 6) is -1.55. The van der Waals surface area contributed by atoms with Gasteiger partial charge in [-0.2, -0.15) is 0 Å². The van der Waals surface area contributed by atoms with Crippen molar-refractivity contribution in [3.8, 4) is 0 Å². The summed E-state index contributed by atoms with van der Waals surface area (Å²) in [6, 6.07) is 6.75. The van der Waals surface area contributed by atoms with E-state index in [1.165, 1.54) is 11.8 Å². The first-order valence-corrected chi connectivity index (χ1v) is 7.98. The molecule has 2 amide bonds. The highest BCUT2D eigenvalue weighted by Gasteiger charge is 2.44. The standard InChI is InChI=1S/C18H24N2O3/c1-10(2)19-17(22)16-11(3)14-8-6-7-9-15(14)12(4)20(16)18(23)13(5)21/h6-12,16H,1-5H3,(H,19,22)/t11?,12?,16-/m0/s1. The second kappa shape index (κ2) is 6.52. The van der Waals surface area contributed by atoms with Gasteiger partial charge in [-0.05, 0) is 31.9 Å². The number of ketones is 1. The van der Waals surface area contributed by atoms with Crippen molar-refractivity contribution in [2.45, 2.75) is 58.7 Å². The van der Waals surface area contributed by atoms with E-state index in [0.717, 1.165) is 11.1 Å². The van der Waals surface area contributed by atoms with E-state index in [9.17, 15) is 14.4 Å². The maximum Gasteiger partial charge on any atom is 0.290 e. The second-order valence-corrected chi connectivity index (χ2v) is 6.47. The van der Waals surface area contributed by atoms with Crippen molar-refractivity contribution in [1.29, 1.82) is 0 Å². The molecule has 1 aliphatic heterocycles. The summed E-state index contributed by atoms with van der Waals surface area (Å²) in [5, 5.41) is 2.87. The van der Waals surface area contributed by atoms with Crippen LogP contribution in [0.4, 0.5) is 0 Å². The second-order valence-electron chi connectivity index (χ2n) is 6.47. The van der Waals surface area contributed by atoms with E-state index < -0.39 is 17.7 Å². The summed E-state index contributed by atoms with van der Waals surface area (Å²) in [4.78, 5) is 38.3. The van der Waals surface area contributed by atoms with E-state index >= 15 is 0 Å². The maximum absolute atomic E-state index is 12.7. The molecule has 1 N–H and O–H groups in total. The van der Waals surface area contributed by atoms with E-state index in [0.29, 0.717) is 0 Å². The third kappa shape index (κ3) is 3.14. The van der Waals surface area contributed by atoms with Crippen molar-refractivity contribution in [2.24, 2.45) is 0 Å². The number of nitrogens with one attached hydrogen (secondary N) is 1. The van der Waals surface area contributed by atoms with E-state index in [4.69, 9.17) is 0 Å². The Bertz CT molecular complexity index is 639. The lowest BCUT2D eigenvalue weighted by atomic mass is 9.80. The number of Topliss-reactive ketones (excluding diaryl/α,β-unsaturated/α-hetero) is 1. The molecule has 1 aromatic rings. The lowest BCUT2D eigenvalue weighted by Gasteiger charge is -2.44. The molecule has 2 unspecified atom stereocenters. The molecule has 0 aliphatic carbocycles. The van der Waals surface area contributed by atoms with Gasteiger partial charge in [-0.15, -0.1) is 0 Å². The number of nitrogens with zero attached hydrogens (tertiary/aromatic N) is 1. The van der Waals surface area contributed by atoms with Gasteiger partial charge in [0.2, 0.25) is 11.7 Å². The van der Waals surface area contributed by atoms with Crippen LogP contribution in [-0.4, -0.2) is 34.6 Å². The molecule has 23 heavy (non-hydrogen) atoms. The van der Waals surface area contributed by atoms with Crippen molar-refractivity contribution in [3.05, 3.63) is 35.4 Å². The van der Waals surface area contributed by atoms with E-state index in [1.807, 2.05) is 52.0 Å². The topological polar surface area (TPSA) is 66.5 Å². The van der Waals surface area contributed by atoms with Gasteiger partial charge in [-0.3, -0.25) is 14.4 Å². The Hall–Kier alpha value is -2.17. The minimum Gasteiger partial charge on any atom is -0.352 e. The predicted molar refractivity (Wildman–Crippen MR) is 87.9 cm³/mol. The van der Waals surface area contributed by atoms with Crippen LogP contribution in [0.3, 0.4) is 0 Å². The molecule has 2 rings (SSSR count). The molecule has 0 fully saturated rings. The zero-order valence-corrected chi connectivity index (χ0v) is 14.3. The molecule has 1 aromatic carbocycles. The SMILES string of the molecule is CC(=O)C(=O)N1C(C)c2ccccc2C(C)[C@H]1C(=O)NC(C)C. The van der Waals surface area contributed by atoms with Gasteiger partial charge in [-0.25, -0.2) is 0 Å². The fourth-order valence-corrected chi connectivity index (χ4v) is 3.32. The average molecular weight is 316 g/mol. The summed E-state index contributed by atoms with van der Waals surface area (Å²) < 4.78 is 0. The summed E-state index contributed by atoms with van der Waals surface area (Å²) in [6.45, 7) is 8.79. The van der Waals surface area contributed by atoms with E-state index in [-0.39, 0.29) is 23.9 Å². The van der Waals surface area contributed by atoms with Crippen LogP contribution in [0.2, 0.25) is 0 Å². The zero-order valence-electron chi connectivity index (χ0n) is 14.3. The molecule has 0 saturated heterocycles. The Balaban J connectivity index is 2.53. The molecule has 5 nitrogen and oxygen atoms in total. The summed E-state index contributed by atoms with van der Waals surface area (Å²) in [6.07, 6.45) is 0. The monoisotopic (exact) mass is 316 g/mol. The first-order chi connectivity index (χ1) is 10.8. The van der Waals surface area contributed by atoms with Gasteiger partial charge in [0.1, 0.15) is 6.04 Å². The van der Waals surface area contributed by atoms with Gasteiger partial charge in [0.15, 0.2) is 0 Å². The van der Waals surface area contributed by atoms with Crippen LogP contribution in [0.1, 0.15) is 57.7 Å². The van der Waals surface area contributed by atoms with Crippen LogP contribution in [0.15, 0.2) is 24.3 Å². The molecule has 1 heterocycles. The molecular formula is C18H24N2O3. The van der Waals surface area contributed by atoms with Crippen LogP contribution >= 0.6 is 0 Å². The number of fused-ring (bicyclic) bond motifs is 1. The van der Waals surface area contributed by atoms with Crippen LogP contribution in [0, 0.1) is 0 Å². The van der Waals surface area contributed by atoms with Crippen LogP contribution in [0.5, 0.6) is 0 Å². The summed E-state index contributed by atoms with van der Waals surface area (Å²) in [5.41, 5.74) is 2.04. The lowest BCUT2D eigenvalue weighted by molar-refractivity contribution is -0.151. The minimum absolute atomic E-state index is 0.0311. The predicted octanol–water partition coefficient (Wildman–Crippen LogP) is 2.18. The van der Waals surface area contributed by atoms with Crippen molar-refractivity contribution in [1.82, 2.24) is 10.2 Å². The highest BCUT2D eigenvalue weighted by atomic mass is 16.2. The first kappa shape index (κ1) is 17.2. The molecule has 124 valence electrons. The van der Waals surface area contributed by atoms with Crippen LogP contribution < -0.4 is 5.32 Å². The van der Waals surface area contributed by atoms with Crippen molar-refractivity contribution < 1.29 is 14.4 Å². The zero-order chi connectivity index (χ0) is 17.3. The van der Waals surface area contributed by atoms with Gasteiger partial charge in [0, 0.05) is 18.9 Å². The molecule has 1 aliphatic rings. The fourth-order valence-electron chi connectivity index (χ4n) is 3.32. The number of carbonyl (C=O) groups excluding carboxylic acids is 3. The van der Waals surface area contributed by atoms with Gasteiger partial charge in [0.25, 0.3) is 5.91 Å². The quantitative estimate of drug-likeness (QED) is 0.869. The molecule has 5 heteroatoms. The smallest absolute Gasteiger partial charge is 0.290 e. The number of hydrogen-bond donors (Lipinski definition) is 1. The summed E-state index contributed by atoms with van der Waals surface area (Å²) >= 11 is 0. The molecule has 0 spiro atoms. The molecule has 0 aromatic heterocycles. The van der Waals surface area contributed by atoms with Crippen molar-refractivity contribution in [2.75, 3.05) is 0 Å². The normalized spacial score (nSPS) is 23.4. The third-order valence-electron chi connectivity index (χ3n) is 4.36. The summed E-state index contributed by atoms with van der Waals surface area (Å²) in [7, 11) is 0. The van der Waals surface area contributed by atoms with E-state index in [2.05, 4.69) is 5.32 Å². The lowest BCUT2D eigenvalue weighted by Crippen LogP contribution is -2.57. The molecule has 0 bridgehead atoms. The van der Waals surface area contributed by atoms with Crippen LogP contribution in [-0.2, 0) is 14.4 Å². The van der Waals surface area contributed by atoms with Crippen molar-refractivity contribution in [3.63, 3.8) is 0 Å². The number of amides is 2. The van der Waals surface area contributed by atoms with Gasteiger partial charge in [0.05, 0.1) is 6.04 Å². The molecular weight excluding hydrogens is 292 g/mol. The first-order valence-electron chi connectivity index (χ1n) is 7.98. The largest absolute Gasteiger partial charge is 0.352 e. The number of hydrogen-bond acceptors (Lipinski definition) is 3.